The van der Waals surface area contributed by atoms with E-state index in [4.69, 9.17) is 4.74 Å². The van der Waals surface area contributed by atoms with E-state index in [1.54, 1.807) is 0 Å². The van der Waals surface area contributed by atoms with Crippen LogP contribution >= 0.6 is 0 Å². The van der Waals surface area contributed by atoms with Crippen molar-refractivity contribution in [2.45, 2.75) is 31.3 Å². The Bertz CT molecular complexity index is 294. The summed E-state index contributed by atoms with van der Waals surface area (Å²) in [7, 11) is 0. The lowest BCUT2D eigenvalue weighted by atomic mass is 10.1. The minimum absolute atomic E-state index is 0.505. The predicted octanol–water partition coefficient (Wildman–Crippen LogP) is 1.27. The first-order valence-electron chi connectivity index (χ1n) is 5.78. The van der Waals surface area contributed by atoms with Crippen molar-refractivity contribution in [2.24, 2.45) is 0 Å². The van der Waals surface area contributed by atoms with E-state index in [1.807, 2.05) is 12.5 Å². The van der Waals surface area contributed by atoms with Crippen LogP contribution in [0.1, 0.15) is 37.0 Å². The Labute approximate surface area is 89.6 Å². The van der Waals surface area contributed by atoms with Gasteiger partial charge < -0.3 is 14.6 Å². The molecule has 2 saturated heterocycles. The molecule has 4 heteroatoms. The molecule has 3 rings (SSSR count). The van der Waals surface area contributed by atoms with Crippen molar-refractivity contribution in [3.8, 4) is 0 Å². The Morgan fingerprint density at radius 2 is 2.47 bits per heavy atom. The second-order valence-corrected chi connectivity index (χ2v) is 4.39. The fourth-order valence-corrected chi connectivity index (χ4v) is 2.57. The maximum absolute atomic E-state index is 5.43. The molecule has 2 fully saturated rings. The molecule has 0 bridgehead atoms. The highest BCUT2D eigenvalue weighted by molar-refractivity contribution is 5.09. The summed E-state index contributed by atoms with van der Waals surface area (Å²) < 4.78 is 7.73. The number of hydrogen-bond donors (Lipinski definition) is 1. The molecule has 2 unspecified atom stereocenters. The highest BCUT2D eigenvalue weighted by Gasteiger charge is 2.25. The lowest BCUT2D eigenvalue weighted by Gasteiger charge is -2.17. The van der Waals surface area contributed by atoms with E-state index in [-0.39, 0.29) is 0 Å². The SMILES string of the molecule is c1ncn(C2CCOC2)c1C1CCCN1. The van der Waals surface area contributed by atoms with Gasteiger partial charge in [-0.05, 0) is 25.8 Å². The fourth-order valence-electron chi connectivity index (χ4n) is 2.57. The lowest BCUT2D eigenvalue weighted by Crippen LogP contribution is -2.19. The molecule has 0 saturated carbocycles. The van der Waals surface area contributed by atoms with Crippen LogP contribution in [-0.2, 0) is 4.74 Å². The smallest absolute Gasteiger partial charge is 0.0952 e. The predicted molar refractivity (Wildman–Crippen MR) is 56.7 cm³/mol. The summed E-state index contributed by atoms with van der Waals surface area (Å²) in [4.78, 5) is 4.28. The summed E-state index contributed by atoms with van der Waals surface area (Å²) in [6.45, 7) is 2.87. The number of imidazole rings is 1. The van der Waals surface area contributed by atoms with Crippen LogP contribution in [0, 0.1) is 0 Å². The van der Waals surface area contributed by atoms with Crippen LogP contribution in [0.25, 0.3) is 0 Å². The van der Waals surface area contributed by atoms with E-state index in [2.05, 4.69) is 14.9 Å². The molecule has 3 heterocycles. The molecule has 2 atom stereocenters. The van der Waals surface area contributed by atoms with E-state index < -0.39 is 0 Å². The number of rotatable bonds is 2. The van der Waals surface area contributed by atoms with Gasteiger partial charge in [-0.2, -0.15) is 0 Å². The van der Waals surface area contributed by atoms with Crippen molar-refractivity contribution >= 4 is 0 Å². The summed E-state index contributed by atoms with van der Waals surface area (Å²) >= 11 is 0. The van der Waals surface area contributed by atoms with Crippen LogP contribution in [0.15, 0.2) is 12.5 Å². The largest absolute Gasteiger partial charge is 0.379 e. The summed E-state index contributed by atoms with van der Waals surface area (Å²) in [5.41, 5.74) is 1.34. The number of aromatic nitrogens is 2. The van der Waals surface area contributed by atoms with Gasteiger partial charge >= 0.3 is 0 Å². The highest BCUT2D eigenvalue weighted by Crippen LogP contribution is 2.27. The molecule has 0 amide bonds. The molecule has 4 nitrogen and oxygen atoms in total. The van der Waals surface area contributed by atoms with Gasteiger partial charge in [-0.25, -0.2) is 4.98 Å². The maximum atomic E-state index is 5.43. The Kier molecular flexibility index (Phi) is 2.46. The molecule has 0 aliphatic carbocycles. The van der Waals surface area contributed by atoms with Gasteiger partial charge in [0.25, 0.3) is 0 Å². The zero-order chi connectivity index (χ0) is 10.1. The summed E-state index contributed by atoms with van der Waals surface area (Å²) in [5.74, 6) is 0. The molecule has 1 N–H and O–H groups in total. The van der Waals surface area contributed by atoms with Crippen molar-refractivity contribution in [1.29, 1.82) is 0 Å². The first kappa shape index (κ1) is 9.36. The Balaban J connectivity index is 1.84. The number of nitrogens with one attached hydrogen (secondary N) is 1. The van der Waals surface area contributed by atoms with Gasteiger partial charge in [0.05, 0.1) is 24.7 Å². The highest BCUT2D eigenvalue weighted by atomic mass is 16.5. The van der Waals surface area contributed by atoms with Crippen LogP contribution in [0.3, 0.4) is 0 Å². The summed E-state index contributed by atoms with van der Waals surface area (Å²) in [5, 5.41) is 3.52. The van der Waals surface area contributed by atoms with Gasteiger partial charge in [0.1, 0.15) is 0 Å². The van der Waals surface area contributed by atoms with Crippen molar-refractivity contribution in [3.63, 3.8) is 0 Å². The monoisotopic (exact) mass is 207 g/mol. The van der Waals surface area contributed by atoms with Crippen molar-refractivity contribution in [3.05, 3.63) is 18.2 Å². The zero-order valence-electron chi connectivity index (χ0n) is 8.85. The molecule has 0 radical (unpaired) electrons. The number of ether oxygens (including phenoxy) is 1. The number of hydrogen-bond acceptors (Lipinski definition) is 3. The second-order valence-electron chi connectivity index (χ2n) is 4.39. The lowest BCUT2D eigenvalue weighted by molar-refractivity contribution is 0.186. The molecule has 0 aromatic carbocycles. The molecule has 1 aromatic heterocycles. The fraction of sp³-hybridized carbons (Fsp3) is 0.727. The third-order valence-corrected chi connectivity index (χ3v) is 3.41. The first-order valence-corrected chi connectivity index (χ1v) is 5.78. The van der Waals surface area contributed by atoms with E-state index in [1.165, 1.54) is 18.5 Å². The van der Waals surface area contributed by atoms with Crippen LogP contribution < -0.4 is 5.32 Å². The van der Waals surface area contributed by atoms with Gasteiger partial charge in [0.2, 0.25) is 0 Å². The average Bonchev–Trinajstić information content (AvgIpc) is 3.01. The second kappa shape index (κ2) is 3.94. The third-order valence-electron chi connectivity index (χ3n) is 3.41. The molecule has 1 aromatic rings. The van der Waals surface area contributed by atoms with Crippen LogP contribution in [0.5, 0.6) is 0 Å². The van der Waals surface area contributed by atoms with Crippen molar-refractivity contribution < 1.29 is 4.74 Å². The Morgan fingerprint density at radius 3 is 3.20 bits per heavy atom. The molecule has 0 spiro atoms. The van der Waals surface area contributed by atoms with Gasteiger partial charge in [-0.3, -0.25) is 0 Å². The minimum Gasteiger partial charge on any atom is -0.379 e. The van der Waals surface area contributed by atoms with Crippen LogP contribution in [-0.4, -0.2) is 29.3 Å². The van der Waals surface area contributed by atoms with Crippen molar-refractivity contribution in [2.75, 3.05) is 19.8 Å². The molecular weight excluding hydrogens is 190 g/mol. The standard InChI is InChI=1S/C11H17N3O/c1-2-10(13-4-1)11-6-12-8-14(11)9-3-5-15-7-9/h6,8-10,13H,1-5,7H2. The average molecular weight is 207 g/mol. The molecular formula is C11H17N3O. The van der Waals surface area contributed by atoms with Gasteiger partial charge in [-0.1, -0.05) is 0 Å². The van der Waals surface area contributed by atoms with Crippen molar-refractivity contribution in [1.82, 2.24) is 14.9 Å². The van der Waals surface area contributed by atoms with Gasteiger partial charge in [0.15, 0.2) is 0 Å². The molecule has 2 aliphatic rings. The molecule has 15 heavy (non-hydrogen) atoms. The summed E-state index contributed by atoms with van der Waals surface area (Å²) in [6, 6.07) is 1.01. The Morgan fingerprint density at radius 1 is 1.47 bits per heavy atom. The quantitative estimate of drug-likeness (QED) is 0.793. The third kappa shape index (κ3) is 1.68. The number of nitrogens with zero attached hydrogens (tertiary/aromatic N) is 2. The van der Waals surface area contributed by atoms with Gasteiger partial charge in [-0.15, -0.1) is 0 Å². The van der Waals surface area contributed by atoms with Crippen LogP contribution in [0.2, 0.25) is 0 Å². The topological polar surface area (TPSA) is 39.1 Å². The first-order chi connectivity index (χ1) is 7.45. The normalized spacial score (nSPS) is 31.2. The maximum Gasteiger partial charge on any atom is 0.0952 e. The van der Waals surface area contributed by atoms with E-state index >= 15 is 0 Å². The minimum atomic E-state index is 0.505. The van der Waals surface area contributed by atoms with E-state index in [0.717, 1.165) is 26.2 Å². The zero-order valence-corrected chi connectivity index (χ0v) is 8.85. The summed E-state index contributed by atoms with van der Waals surface area (Å²) in [6.07, 6.45) is 7.59. The molecule has 2 aliphatic heterocycles. The Hall–Kier alpha value is -0.870. The van der Waals surface area contributed by atoms with E-state index in [0.29, 0.717) is 12.1 Å². The van der Waals surface area contributed by atoms with E-state index in [9.17, 15) is 0 Å². The van der Waals surface area contributed by atoms with Gasteiger partial charge in [0, 0.05) is 18.8 Å². The van der Waals surface area contributed by atoms with Crippen LogP contribution in [0.4, 0.5) is 0 Å². The molecule has 82 valence electrons.